The van der Waals surface area contributed by atoms with Crippen molar-refractivity contribution in [3.05, 3.63) is 81.8 Å². The van der Waals surface area contributed by atoms with Crippen LogP contribution in [-0.2, 0) is 17.6 Å². The van der Waals surface area contributed by atoms with Crippen molar-refractivity contribution in [2.24, 2.45) is 11.8 Å². The number of carboxylic acids is 1. The molecule has 220 valence electrons. The third kappa shape index (κ3) is 5.08. The highest BCUT2D eigenvalue weighted by atomic mass is 19.4. The first-order valence-electron chi connectivity index (χ1n) is 13.0. The van der Waals surface area contributed by atoms with Gasteiger partial charge in [-0.2, -0.15) is 13.2 Å². The number of benzene rings is 2. The summed E-state index contributed by atoms with van der Waals surface area (Å²) in [5, 5.41) is 19.0. The number of fused-ring (bicyclic) bond motifs is 3. The van der Waals surface area contributed by atoms with E-state index in [0.717, 1.165) is 11.6 Å². The lowest BCUT2D eigenvalue weighted by Crippen LogP contribution is -2.43. The molecule has 0 spiro atoms. The molecule has 1 heterocycles. The van der Waals surface area contributed by atoms with E-state index < -0.39 is 70.2 Å². The highest BCUT2D eigenvalue weighted by Crippen LogP contribution is 2.60. The van der Waals surface area contributed by atoms with E-state index in [4.69, 9.17) is 9.47 Å². The number of carbonyl (C=O) groups is 1. The number of aliphatic hydroxyl groups is 1. The third-order valence-electron chi connectivity index (χ3n) is 7.91. The molecule has 12 heteroatoms. The van der Waals surface area contributed by atoms with Gasteiger partial charge in [-0.15, -0.1) is 0 Å². The van der Waals surface area contributed by atoms with Gasteiger partial charge in [-0.3, -0.25) is 4.79 Å². The Bertz CT molecular complexity index is 1620. The van der Waals surface area contributed by atoms with Crippen LogP contribution in [0.5, 0.6) is 11.6 Å². The number of ether oxygens (including phenoxy) is 2. The highest BCUT2D eigenvalue weighted by molar-refractivity contribution is 5.90. The van der Waals surface area contributed by atoms with E-state index >= 15 is 0 Å². The average molecular weight is 592 g/mol. The number of rotatable bonds is 8. The van der Waals surface area contributed by atoms with Crippen LogP contribution < -0.4 is 9.47 Å². The molecule has 1 aromatic heterocycles. The number of aliphatic carboxylic acids is 1. The Morgan fingerprint density at radius 3 is 2.36 bits per heavy atom. The Morgan fingerprint density at radius 1 is 1.05 bits per heavy atom. The first-order valence-corrected chi connectivity index (χ1v) is 13.0. The van der Waals surface area contributed by atoms with E-state index in [0.29, 0.717) is 36.1 Å². The molecule has 0 amide bonds. The number of hydrogen-bond acceptors (Lipinski definition) is 5. The molecule has 0 unspecified atom stereocenters. The summed E-state index contributed by atoms with van der Waals surface area (Å²) >= 11 is 0. The van der Waals surface area contributed by atoms with Gasteiger partial charge >= 0.3 is 12.1 Å². The predicted octanol–water partition coefficient (Wildman–Crippen LogP) is 6.50. The van der Waals surface area contributed by atoms with Gasteiger partial charge in [-0.05, 0) is 77.8 Å². The Morgan fingerprint density at radius 2 is 1.74 bits per heavy atom. The van der Waals surface area contributed by atoms with Crippen molar-refractivity contribution in [3.63, 3.8) is 0 Å². The zero-order chi connectivity index (χ0) is 30.1. The smallest absolute Gasteiger partial charge is 0.417 e. The zero-order valence-corrected chi connectivity index (χ0v) is 21.9. The van der Waals surface area contributed by atoms with E-state index in [1.54, 1.807) is 13.0 Å². The van der Waals surface area contributed by atoms with Gasteiger partial charge in [0, 0.05) is 23.7 Å². The van der Waals surface area contributed by atoms with Crippen molar-refractivity contribution in [3.8, 4) is 22.8 Å². The molecule has 3 aromatic rings. The summed E-state index contributed by atoms with van der Waals surface area (Å²) in [6.07, 6.45) is -1.12. The number of carboxylic acid groups (broad SMARTS) is 1. The molecule has 2 N–H and O–H groups in total. The first-order chi connectivity index (χ1) is 19.7. The molecule has 42 heavy (non-hydrogen) atoms. The number of alkyl halides is 3. The van der Waals surface area contributed by atoms with Crippen LogP contribution in [0.15, 0.2) is 42.1 Å². The number of hydrogen-bond donors (Lipinski definition) is 2. The van der Waals surface area contributed by atoms with Crippen molar-refractivity contribution in [1.29, 1.82) is 0 Å². The lowest BCUT2D eigenvalue weighted by atomic mass is 9.73. The Hall–Kier alpha value is -4.06. The monoisotopic (exact) mass is 591 g/mol. The van der Waals surface area contributed by atoms with Crippen LogP contribution in [0.2, 0.25) is 0 Å². The van der Waals surface area contributed by atoms with Gasteiger partial charge < -0.3 is 19.7 Å². The Kier molecular flexibility index (Phi) is 6.52. The second-order valence-corrected chi connectivity index (χ2v) is 11.2. The Balaban J connectivity index is 1.24. The summed E-state index contributed by atoms with van der Waals surface area (Å²) in [5.41, 5.74) is -1.62. The molecular weight excluding hydrogens is 568 g/mol. The van der Waals surface area contributed by atoms with Crippen LogP contribution in [0, 0.1) is 29.3 Å². The normalized spacial score (nSPS) is 23.9. The summed E-state index contributed by atoms with van der Waals surface area (Å²) in [4.78, 5) is 15.4. The van der Waals surface area contributed by atoms with E-state index in [-0.39, 0.29) is 36.0 Å². The molecule has 3 aliphatic carbocycles. The fourth-order valence-electron chi connectivity index (χ4n) is 5.92. The molecule has 0 radical (unpaired) electrons. The van der Waals surface area contributed by atoms with Crippen LogP contribution in [0.3, 0.4) is 0 Å². The zero-order valence-electron chi connectivity index (χ0n) is 21.9. The van der Waals surface area contributed by atoms with E-state index in [1.165, 1.54) is 12.3 Å². The van der Waals surface area contributed by atoms with Gasteiger partial charge in [-0.25, -0.2) is 18.2 Å². The minimum atomic E-state index is -5.04. The van der Waals surface area contributed by atoms with Gasteiger partial charge in [0.1, 0.15) is 12.4 Å². The molecule has 6 nitrogen and oxygen atoms in total. The second kappa shape index (κ2) is 9.75. The topological polar surface area (TPSA) is 88.9 Å². The van der Waals surface area contributed by atoms with Gasteiger partial charge in [0.25, 0.3) is 0 Å². The predicted molar refractivity (Wildman–Crippen MR) is 136 cm³/mol. The van der Waals surface area contributed by atoms with Crippen LogP contribution in [0.25, 0.3) is 17.2 Å². The summed E-state index contributed by atoms with van der Waals surface area (Å²) in [6.45, 7) is 1.00. The number of pyridine rings is 1. The number of nitrogens with zero attached hydrogens (tertiary/aromatic N) is 1. The highest BCUT2D eigenvalue weighted by Gasteiger charge is 2.54. The van der Waals surface area contributed by atoms with Crippen LogP contribution >= 0.6 is 0 Å². The Labute approximate surface area is 235 Å². The maximum absolute atomic E-state index is 14.9. The first kappa shape index (κ1) is 28.1. The summed E-state index contributed by atoms with van der Waals surface area (Å²) in [7, 11) is 0. The van der Waals surface area contributed by atoms with Crippen molar-refractivity contribution in [2.45, 2.75) is 44.1 Å². The van der Waals surface area contributed by atoms with Gasteiger partial charge in [-0.1, -0.05) is 6.08 Å². The number of halogens is 6. The van der Waals surface area contributed by atoms with Gasteiger partial charge in [0.2, 0.25) is 5.88 Å². The third-order valence-corrected chi connectivity index (χ3v) is 7.91. The molecule has 3 aliphatic rings. The minimum absolute atomic E-state index is 0.0335. The second-order valence-electron chi connectivity index (χ2n) is 11.2. The quantitative estimate of drug-likeness (QED) is 0.291. The lowest BCUT2D eigenvalue weighted by molar-refractivity contribution is -0.138. The maximum atomic E-state index is 14.9. The molecule has 0 bridgehead atoms. The van der Waals surface area contributed by atoms with Gasteiger partial charge in [0.05, 0.1) is 23.7 Å². The van der Waals surface area contributed by atoms with E-state index in [2.05, 4.69) is 4.98 Å². The molecule has 6 rings (SSSR count). The average Bonchev–Trinajstić information content (AvgIpc) is 3.47. The maximum Gasteiger partial charge on any atom is 0.417 e. The summed E-state index contributed by atoms with van der Waals surface area (Å²) in [6, 6.07) is 3.97. The minimum Gasteiger partial charge on any atom is -0.487 e. The van der Waals surface area contributed by atoms with Crippen LogP contribution in [-0.4, -0.2) is 33.4 Å². The number of aromatic nitrogens is 1. The lowest BCUT2D eigenvalue weighted by Gasteiger charge is -2.40. The molecule has 2 fully saturated rings. The van der Waals surface area contributed by atoms with Gasteiger partial charge in [0.15, 0.2) is 17.4 Å². The molecule has 0 aliphatic heterocycles. The SMILES string of the molecule is C[C@]1(O)C[C@@H](COc2c(F)cc(-c3cc(COc4cc5c(cn4)[C@H]4C(=C5)[C@@H]4C(=O)O)c(F)cc3C(F)(F)F)cc2F)C1. The molecule has 2 aromatic carbocycles. The van der Waals surface area contributed by atoms with Crippen molar-refractivity contribution >= 4 is 12.0 Å². The fourth-order valence-corrected chi connectivity index (χ4v) is 5.92. The van der Waals surface area contributed by atoms with Crippen LogP contribution in [0.1, 0.15) is 47.9 Å². The largest absolute Gasteiger partial charge is 0.487 e. The van der Waals surface area contributed by atoms with Crippen molar-refractivity contribution in [1.82, 2.24) is 4.98 Å². The van der Waals surface area contributed by atoms with E-state index in [9.17, 15) is 41.4 Å². The van der Waals surface area contributed by atoms with Crippen molar-refractivity contribution in [2.75, 3.05) is 6.61 Å². The molecule has 0 saturated heterocycles. The van der Waals surface area contributed by atoms with E-state index in [1.807, 2.05) is 0 Å². The molecule has 2 saturated carbocycles. The summed E-state index contributed by atoms with van der Waals surface area (Å²) in [5.74, 6) is -6.31. The fraction of sp³-hybridized carbons (Fsp3) is 0.333. The van der Waals surface area contributed by atoms with Crippen LogP contribution in [0.4, 0.5) is 26.3 Å². The summed E-state index contributed by atoms with van der Waals surface area (Å²) < 4.78 is 96.9. The van der Waals surface area contributed by atoms with Crippen molar-refractivity contribution < 1.29 is 50.8 Å². The molecular formula is C30H23F6NO5. The standard InChI is InChI=1S/C30H23F6NO5/c1-29(40)8-13(9-29)11-42-27-22(32)4-15(5-23(27)33)17-3-16(21(31)7-20(17)30(34,35)36)12-41-24-6-14-2-18-25(19(14)10-37-24)26(18)28(38)39/h2-7,10,13,25-26,40H,8-9,11-12H2,1H3,(H,38,39)/t13-,25-,26+,29+/m1/s1. The molecule has 2 atom stereocenters.